The molecule has 0 unspecified atom stereocenters. The van der Waals surface area contributed by atoms with Crippen molar-refractivity contribution in [3.63, 3.8) is 0 Å². The van der Waals surface area contributed by atoms with Crippen LogP contribution in [-0.2, 0) is 0 Å². The molecule has 3 heteroatoms. The van der Waals surface area contributed by atoms with Crippen LogP contribution in [0.3, 0.4) is 0 Å². The highest BCUT2D eigenvalue weighted by Crippen LogP contribution is 2.34. The molecule has 0 aliphatic carbocycles. The summed E-state index contributed by atoms with van der Waals surface area (Å²) >= 11 is 0. The van der Waals surface area contributed by atoms with E-state index in [1.165, 1.54) is 5.39 Å². The Morgan fingerprint density at radius 1 is 1.06 bits per heavy atom. The third-order valence-electron chi connectivity index (χ3n) is 3.40. The monoisotopic (exact) mass is 225 g/mol. The molecular weight excluding hydrogens is 210 g/mol. The standard InChI is InChI=1S/C14H15N3/c1-7-5-11(16)8(2)13-10-6-9(15)3-4-12(10)17-14(7)13/h3-6,17H,15-16H2,1-2H3. The Labute approximate surface area is 99.4 Å². The highest BCUT2D eigenvalue weighted by molar-refractivity contribution is 6.12. The SMILES string of the molecule is Cc1cc(N)c(C)c2c1[nH]c1ccc(N)cc12. The van der Waals surface area contributed by atoms with Crippen molar-refractivity contribution in [2.75, 3.05) is 11.5 Å². The lowest BCUT2D eigenvalue weighted by atomic mass is 10.0. The maximum absolute atomic E-state index is 6.03. The number of hydrogen-bond donors (Lipinski definition) is 3. The number of hydrogen-bond acceptors (Lipinski definition) is 2. The number of nitrogen functional groups attached to an aromatic ring is 2. The van der Waals surface area contributed by atoms with Gasteiger partial charge in [-0.2, -0.15) is 0 Å². The average molecular weight is 225 g/mol. The van der Waals surface area contributed by atoms with Crippen LogP contribution >= 0.6 is 0 Å². The highest BCUT2D eigenvalue weighted by atomic mass is 14.7. The van der Waals surface area contributed by atoms with Crippen LogP contribution in [0.2, 0.25) is 0 Å². The van der Waals surface area contributed by atoms with E-state index in [4.69, 9.17) is 11.5 Å². The van der Waals surface area contributed by atoms with Gasteiger partial charge in [-0.05, 0) is 49.2 Å². The molecule has 0 spiro atoms. The van der Waals surface area contributed by atoms with Crippen molar-refractivity contribution in [3.05, 3.63) is 35.4 Å². The molecule has 3 aromatic rings. The Morgan fingerprint density at radius 3 is 2.59 bits per heavy atom. The number of rotatable bonds is 0. The first-order valence-corrected chi connectivity index (χ1v) is 5.64. The van der Waals surface area contributed by atoms with Crippen LogP contribution in [0.5, 0.6) is 0 Å². The molecule has 3 rings (SSSR count). The van der Waals surface area contributed by atoms with E-state index < -0.39 is 0 Å². The van der Waals surface area contributed by atoms with Crippen molar-refractivity contribution < 1.29 is 0 Å². The Kier molecular flexibility index (Phi) is 1.87. The van der Waals surface area contributed by atoms with Gasteiger partial charge in [0.05, 0.1) is 0 Å². The van der Waals surface area contributed by atoms with Gasteiger partial charge in [-0.15, -0.1) is 0 Å². The van der Waals surface area contributed by atoms with Crippen molar-refractivity contribution in [2.45, 2.75) is 13.8 Å². The second kappa shape index (κ2) is 3.17. The largest absolute Gasteiger partial charge is 0.399 e. The summed E-state index contributed by atoms with van der Waals surface area (Å²) in [6.45, 7) is 4.12. The number of H-pyrrole nitrogens is 1. The molecule has 86 valence electrons. The van der Waals surface area contributed by atoms with Crippen LogP contribution in [-0.4, -0.2) is 4.98 Å². The van der Waals surface area contributed by atoms with Gasteiger partial charge in [-0.25, -0.2) is 0 Å². The third-order valence-corrected chi connectivity index (χ3v) is 3.40. The molecule has 1 heterocycles. The minimum atomic E-state index is 0.776. The van der Waals surface area contributed by atoms with Gasteiger partial charge >= 0.3 is 0 Å². The zero-order valence-corrected chi connectivity index (χ0v) is 9.96. The van der Waals surface area contributed by atoms with Crippen molar-refractivity contribution in [1.82, 2.24) is 4.98 Å². The summed E-state index contributed by atoms with van der Waals surface area (Å²) in [5.74, 6) is 0. The van der Waals surface area contributed by atoms with Crippen LogP contribution in [0.25, 0.3) is 21.8 Å². The molecule has 0 amide bonds. The fraction of sp³-hybridized carbons (Fsp3) is 0.143. The molecule has 0 saturated heterocycles. The predicted molar refractivity (Wildman–Crippen MR) is 74.1 cm³/mol. The van der Waals surface area contributed by atoms with Gasteiger partial charge in [0.25, 0.3) is 0 Å². The Hall–Kier alpha value is -2.16. The fourth-order valence-electron chi connectivity index (χ4n) is 2.45. The number of aromatic amines is 1. The number of aryl methyl sites for hydroxylation is 2. The number of benzene rings is 2. The second-order valence-electron chi connectivity index (χ2n) is 4.59. The van der Waals surface area contributed by atoms with E-state index in [0.29, 0.717) is 0 Å². The molecule has 0 aliphatic rings. The van der Waals surface area contributed by atoms with E-state index in [1.54, 1.807) is 0 Å². The summed E-state index contributed by atoms with van der Waals surface area (Å²) in [4.78, 5) is 3.43. The lowest BCUT2D eigenvalue weighted by molar-refractivity contribution is 1.42. The molecule has 0 atom stereocenters. The van der Waals surface area contributed by atoms with Gasteiger partial charge in [0.15, 0.2) is 0 Å². The van der Waals surface area contributed by atoms with Crippen LogP contribution in [0.1, 0.15) is 11.1 Å². The Bertz CT molecular complexity index is 738. The molecule has 0 fully saturated rings. The normalized spacial score (nSPS) is 11.4. The van der Waals surface area contributed by atoms with Gasteiger partial charge < -0.3 is 16.5 Å². The molecule has 3 nitrogen and oxygen atoms in total. The van der Waals surface area contributed by atoms with Crippen LogP contribution in [0.15, 0.2) is 24.3 Å². The maximum Gasteiger partial charge on any atom is 0.0498 e. The summed E-state index contributed by atoms with van der Waals surface area (Å²) in [5, 5.41) is 2.33. The molecule has 5 N–H and O–H groups in total. The van der Waals surface area contributed by atoms with Crippen LogP contribution in [0.4, 0.5) is 11.4 Å². The van der Waals surface area contributed by atoms with Gasteiger partial charge in [0, 0.05) is 33.2 Å². The molecule has 17 heavy (non-hydrogen) atoms. The number of aromatic nitrogens is 1. The zero-order chi connectivity index (χ0) is 12.2. The second-order valence-corrected chi connectivity index (χ2v) is 4.59. The van der Waals surface area contributed by atoms with E-state index in [9.17, 15) is 0 Å². The molecular formula is C14H15N3. The fourth-order valence-corrected chi connectivity index (χ4v) is 2.45. The van der Waals surface area contributed by atoms with Gasteiger partial charge in [-0.3, -0.25) is 0 Å². The Balaban J connectivity index is 2.63. The molecule has 0 aliphatic heterocycles. The lowest BCUT2D eigenvalue weighted by Crippen LogP contribution is -1.91. The first kappa shape index (κ1) is 10.0. The van der Waals surface area contributed by atoms with E-state index in [0.717, 1.165) is 38.9 Å². The average Bonchev–Trinajstić information content (AvgIpc) is 2.65. The van der Waals surface area contributed by atoms with E-state index in [1.807, 2.05) is 31.2 Å². The smallest absolute Gasteiger partial charge is 0.0498 e. The number of anilines is 2. The van der Waals surface area contributed by atoms with Crippen molar-refractivity contribution in [2.24, 2.45) is 0 Å². The predicted octanol–water partition coefficient (Wildman–Crippen LogP) is 3.10. The first-order valence-electron chi connectivity index (χ1n) is 5.64. The Morgan fingerprint density at radius 2 is 1.82 bits per heavy atom. The van der Waals surface area contributed by atoms with Crippen molar-refractivity contribution in [3.8, 4) is 0 Å². The summed E-state index contributed by atoms with van der Waals surface area (Å²) in [6.07, 6.45) is 0. The molecule has 0 bridgehead atoms. The van der Waals surface area contributed by atoms with Gasteiger partial charge in [0.2, 0.25) is 0 Å². The molecule has 1 aromatic heterocycles. The quantitative estimate of drug-likeness (QED) is 0.514. The van der Waals surface area contributed by atoms with Gasteiger partial charge in [-0.1, -0.05) is 0 Å². The summed E-state index contributed by atoms with van der Waals surface area (Å²) in [6, 6.07) is 7.93. The van der Waals surface area contributed by atoms with Crippen molar-refractivity contribution in [1.29, 1.82) is 0 Å². The summed E-state index contributed by atoms with van der Waals surface area (Å²) < 4.78 is 0. The minimum Gasteiger partial charge on any atom is -0.399 e. The van der Waals surface area contributed by atoms with E-state index in [-0.39, 0.29) is 0 Å². The first-order chi connectivity index (χ1) is 8.08. The minimum absolute atomic E-state index is 0.776. The van der Waals surface area contributed by atoms with E-state index >= 15 is 0 Å². The van der Waals surface area contributed by atoms with Gasteiger partial charge in [0.1, 0.15) is 0 Å². The van der Waals surface area contributed by atoms with E-state index in [2.05, 4.69) is 11.9 Å². The molecule has 2 aromatic carbocycles. The summed E-state index contributed by atoms with van der Waals surface area (Å²) in [5.41, 5.74) is 18.0. The van der Waals surface area contributed by atoms with Crippen LogP contribution in [0, 0.1) is 13.8 Å². The number of fused-ring (bicyclic) bond motifs is 3. The van der Waals surface area contributed by atoms with Crippen LogP contribution < -0.4 is 11.5 Å². The molecule has 0 saturated carbocycles. The lowest BCUT2D eigenvalue weighted by Gasteiger charge is -2.05. The third kappa shape index (κ3) is 1.29. The summed E-state index contributed by atoms with van der Waals surface area (Å²) in [7, 11) is 0. The topological polar surface area (TPSA) is 67.8 Å². The zero-order valence-electron chi connectivity index (χ0n) is 9.96. The number of nitrogens with one attached hydrogen (secondary N) is 1. The molecule has 0 radical (unpaired) electrons. The highest BCUT2D eigenvalue weighted by Gasteiger charge is 2.11. The maximum atomic E-state index is 6.03. The number of nitrogens with two attached hydrogens (primary N) is 2. The van der Waals surface area contributed by atoms with Crippen molar-refractivity contribution >= 4 is 33.2 Å².